The van der Waals surface area contributed by atoms with Crippen LogP contribution >= 0.6 is 15.9 Å². The fourth-order valence-electron chi connectivity index (χ4n) is 5.24. The summed E-state index contributed by atoms with van der Waals surface area (Å²) < 4.78 is 0.985. The third-order valence-electron chi connectivity index (χ3n) is 7.23. The smallest absolute Gasteiger partial charge is 0.167 e. The first kappa shape index (κ1) is 19.8. The number of benzene rings is 1. The van der Waals surface area contributed by atoms with Gasteiger partial charge in [-0.25, -0.2) is 0 Å². The molecule has 0 spiro atoms. The summed E-state index contributed by atoms with van der Waals surface area (Å²) in [5.74, 6) is 0.0000952. The molecule has 2 heterocycles. The number of nitrogens with one attached hydrogen (secondary N) is 2. The van der Waals surface area contributed by atoms with Gasteiger partial charge in [0.25, 0.3) is 0 Å². The van der Waals surface area contributed by atoms with Gasteiger partial charge in [0.15, 0.2) is 11.6 Å². The van der Waals surface area contributed by atoms with Crippen molar-refractivity contribution in [1.82, 2.24) is 10.3 Å². The minimum Gasteiger partial charge on any atom is -0.362 e. The van der Waals surface area contributed by atoms with Gasteiger partial charge in [0.05, 0.1) is 0 Å². The molecule has 2 aromatic rings. The van der Waals surface area contributed by atoms with Crippen molar-refractivity contribution in [2.75, 3.05) is 0 Å². The van der Waals surface area contributed by atoms with Crippen LogP contribution in [0, 0.1) is 10.8 Å². The molecule has 0 fully saturated rings. The lowest BCUT2D eigenvalue weighted by Crippen LogP contribution is -2.44. The quantitative estimate of drug-likeness (QED) is 0.549. The number of fused-ring (bicyclic) bond motifs is 1. The molecular weight excluding hydrogens is 440 g/mol. The fraction of sp³-hybridized carbons (Fsp3) is 0.440. The maximum atomic E-state index is 13.7. The molecule has 1 aliphatic heterocycles. The molecule has 2 N–H and O–H groups in total. The molecule has 0 amide bonds. The average molecular weight is 467 g/mol. The van der Waals surface area contributed by atoms with Crippen LogP contribution in [0.1, 0.15) is 64.9 Å². The van der Waals surface area contributed by atoms with Crippen LogP contribution in [0.5, 0.6) is 0 Å². The van der Waals surface area contributed by atoms with Crippen molar-refractivity contribution < 1.29 is 9.59 Å². The SMILES string of the molecule is CC1(C)CCC2=C(C1=O)C(c1c[nH]c3ccc(Br)cc13)C1=C(CCC(C)(C)C1=O)N2. The van der Waals surface area contributed by atoms with Crippen molar-refractivity contribution in [3.05, 3.63) is 57.0 Å². The van der Waals surface area contributed by atoms with Crippen LogP contribution in [-0.4, -0.2) is 16.6 Å². The monoisotopic (exact) mass is 466 g/mol. The lowest BCUT2D eigenvalue weighted by molar-refractivity contribution is -0.125. The Bertz CT molecular complexity index is 1130. The zero-order chi connectivity index (χ0) is 21.4. The van der Waals surface area contributed by atoms with Gasteiger partial charge in [-0.1, -0.05) is 43.6 Å². The highest BCUT2D eigenvalue weighted by atomic mass is 79.9. The molecule has 0 saturated heterocycles. The number of ketones is 2. The molecular formula is C25H27BrN2O2. The van der Waals surface area contributed by atoms with Crippen LogP contribution in [0.25, 0.3) is 10.9 Å². The number of hydrogen-bond donors (Lipinski definition) is 2. The molecule has 3 aliphatic rings. The molecule has 5 rings (SSSR count). The van der Waals surface area contributed by atoms with Gasteiger partial charge in [-0.05, 0) is 49.4 Å². The largest absolute Gasteiger partial charge is 0.362 e. The Labute approximate surface area is 185 Å². The third kappa shape index (κ3) is 2.78. The van der Waals surface area contributed by atoms with Gasteiger partial charge in [0.1, 0.15) is 0 Å². The maximum absolute atomic E-state index is 13.7. The number of hydrogen-bond acceptors (Lipinski definition) is 3. The van der Waals surface area contributed by atoms with Gasteiger partial charge >= 0.3 is 0 Å². The lowest BCUT2D eigenvalue weighted by atomic mass is 9.62. The molecule has 0 saturated carbocycles. The fourth-order valence-corrected chi connectivity index (χ4v) is 5.60. The zero-order valence-electron chi connectivity index (χ0n) is 17.9. The van der Waals surface area contributed by atoms with Gasteiger partial charge < -0.3 is 10.3 Å². The number of Topliss-reactive ketones (excluding diaryl/α,β-unsaturated/α-hetero) is 2. The van der Waals surface area contributed by atoms with E-state index in [1.165, 1.54) is 0 Å². The third-order valence-corrected chi connectivity index (χ3v) is 7.73. The van der Waals surface area contributed by atoms with E-state index in [4.69, 9.17) is 0 Å². The van der Waals surface area contributed by atoms with Crippen molar-refractivity contribution in [1.29, 1.82) is 0 Å². The summed E-state index contributed by atoms with van der Waals surface area (Å²) in [6.45, 7) is 8.11. The Morgan fingerprint density at radius 2 is 1.50 bits per heavy atom. The van der Waals surface area contributed by atoms with E-state index in [2.05, 4.69) is 32.3 Å². The molecule has 0 unspecified atom stereocenters. The van der Waals surface area contributed by atoms with E-state index in [-0.39, 0.29) is 17.5 Å². The van der Waals surface area contributed by atoms with Crippen molar-refractivity contribution >= 4 is 38.4 Å². The van der Waals surface area contributed by atoms with E-state index >= 15 is 0 Å². The number of aromatic amines is 1. The summed E-state index contributed by atoms with van der Waals surface area (Å²) in [5, 5.41) is 4.60. The number of halogens is 1. The summed E-state index contributed by atoms with van der Waals surface area (Å²) in [4.78, 5) is 30.7. The lowest BCUT2D eigenvalue weighted by Gasteiger charge is -2.43. The number of H-pyrrole nitrogens is 1. The summed E-state index contributed by atoms with van der Waals surface area (Å²) in [6.07, 6.45) is 5.32. The summed E-state index contributed by atoms with van der Waals surface area (Å²) in [6, 6.07) is 6.12. The second-order valence-corrected chi connectivity index (χ2v) is 11.1. The van der Waals surface area contributed by atoms with Gasteiger partial charge in [-0.2, -0.15) is 0 Å². The molecule has 2 aliphatic carbocycles. The summed E-state index contributed by atoms with van der Waals surface area (Å²) in [5.41, 5.74) is 4.80. The Hall–Kier alpha value is -2.14. The van der Waals surface area contributed by atoms with Gasteiger partial charge in [0.2, 0.25) is 0 Å². The topological polar surface area (TPSA) is 62.0 Å². The van der Waals surface area contributed by atoms with Crippen LogP contribution in [-0.2, 0) is 9.59 Å². The summed E-state index contributed by atoms with van der Waals surface area (Å²) in [7, 11) is 0. The summed E-state index contributed by atoms with van der Waals surface area (Å²) >= 11 is 3.59. The second kappa shape index (κ2) is 6.43. The van der Waals surface area contributed by atoms with Gasteiger partial charge in [0, 0.05) is 60.9 Å². The normalized spacial score (nSPS) is 23.5. The molecule has 1 aromatic heterocycles. The minimum atomic E-state index is -0.420. The van der Waals surface area contributed by atoms with Crippen LogP contribution in [0.3, 0.4) is 0 Å². The number of allylic oxidation sites excluding steroid dienone is 4. The van der Waals surface area contributed by atoms with E-state index in [9.17, 15) is 9.59 Å². The minimum absolute atomic E-state index is 0.160. The van der Waals surface area contributed by atoms with E-state index < -0.39 is 10.8 Å². The van der Waals surface area contributed by atoms with Crippen molar-refractivity contribution in [3.8, 4) is 0 Å². The first-order chi connectivity index (χ1) is 14.1. The second-order valence-electron chi connectivity index (χ2n) is 10.2. The highest BCUT2D eigenvalue weighted by molar-refractivity contribution is 9.10. The Morgan fingerprint density at radius 1 is 0.933 bits per heavy atom. The highest BCUT2D eigenvalue weighted by Gasteiger charge is 2.49. The Kier molecular flexibility index (Phi) is 4.24. The first-order valence-electron chi connectivity index (χ1n) is 10.7. The zero-order valence-corrected chi connectivity index (χ0v) is 19.5. The number of carbonyl (C=O) groups is 2. The first-order valence-corrected chi connectivity index (χ1v) is 11.5. The predicted molar refractivity (Wildman–Crippen MR) is 122 cm³/mol. The van der Waals surface area contributed by atoms with Crippen LogP contribution in [0.15, 0.2) is 51.4 Å². The number of rotatable bonds is 1. The highest BCUT2D eigenvalue weighted by Crippen LogP contribution is 2.52. The standard InChI is InChI=1S/C25H27BrN2O2/c1-24(2)9-7-17-20(22(24)29)19(15-12-27-16-6-5-13(26)11-14(15)16)21-18(28-17)8-10-25(3,4)23(21)30/h5-6,11-12,19,27-28H,7-10H2,1-4H3. The van der Waals surface area contributed by atoms with Crippen LogP contribution < -0.4 is 5.32 Å². The van der Waals surface area contributed by atoms with Crippen LogP contribution in [0.2, 0.25) is 0 Å². The Balaban J connectivity index is 1.79. The molecule has 0 radical (unpaired) electrons. The predicted octanol–water partition coefficient (Wildman–Crippen LogP) is 5.90. The van der Waals surface area contributed by atoms with E-state index in [1.807, 2.05) is 46.0 Å². The maximum Gasteiger partial charge on any atom is 0.167 e. The number of carbonyl (C=O) groups excluding carboxylic acids is 2. The molecule has 0 atom stereocenters. The van der Waals surface area contributed by atoms with E-state index in [0.29, 0.717) is 0 Å². The van der Waals surface area contributed by atoms with Crippen LogP contribution in [0.4, 0.5) is 0 Å². The molecule has 1 aromatic carbocycles. The van der Waals surface area contributed by atoms with E-state index in [1.54, 1.807) is 0 Å². The van der Waals surface area contributed by atoms with Gasteiger partial charge in [-0.3, -0.25) is 9.59 Å². The molecule has 5 heteroatoms. The molecule has 30 heavy (non-hydrogen) atoms. The van der Waals surface area contributed by atoms with Crippen molar-refractivity contribution in [2.45, 2.75) is 59.3 Å². The Morgan fingerprint density at radius 3 is 2.07 bits per heavy atom. The number of aromatic nitrogens is 1. The number of dihydropyridines is 1. The molecule has 0 bridgehead atoms. The average Bonchev–Trinajstić information content (AvgIpc) is 3.09. The van der Waals surface area contributed by atoms with Gasteiger partial charge in [-0.15, -0.1) is 0 Å². The molecule has 4 nitrogen and oxygen atoms in total. The van der Waals surface area contributed by atoms with Crippen molar-refractivity contribution in [3.63, 3.8) is 0 Å². The molecule has 156 valence electrons. The van der Waals surface area contributed by atoms with E-state index in [0.717, 1.165) is 69.2 Å². The van der Waals surface area contributed by atoms with Crippen molar-refractivity contribution in [2.24, 2.45) is 10.8 Å².